The Labute approximate surface area is 100 Å². The van der Waals surface area contributed by atoms with Gasteiger partial charge in [0, 0.05) is 37.9 Å². The van der Waals surface area contributed by atoms with Gasteiger partial charge >= 0.3 is 0 Å². The number of rotatable bonds is 2. The molecule has 92 valence electrons. The topological polar surface area (TPSA) is 74.5 Å². The molecular weight excluding hydrogens is 218 g/mol. The molecule has 0 aromatic carbocycles. The molecule has 1 aliphatic heterocycles. The lowest BCUT2D eigenvalue weighted by molar-refractivity contribution is 0.0662. The van der Waals surface area contributed by atoms with Crippen molar-refractivity contribution in [3.05, 3.63) is 23.9 Å². The Hall–Kier alpha value is -1.66. The average Bonchev–Trinajstić information content (AvgIpc) is 2.32. The molecule has 17 heavy (non-hydrogen) atoms. The number of carbonyl (C=O) groups excluding carboxylic acids is 1. The van der Waals surface area contributed by atoms with Gasteiger partial charge in [0.05, 0.1) is 0 Å². The van der Waals surface area contributed by atoms with Crippen LogP contribution in [0.4, 0.5) is 5.82 Å². The molecule has 3 N–H and O–H groups in total. The van der Waals surface area contributed by atoms with E-state index < -0.39 is 0 Å². The fourth-order valence-electron chi connectivity index (χ4n) is 1.72. The number of anilines is 1. The number of likely N-dealkylation sites (N-methyl/N-ethyl adjacent to an activating group) is 1. The third-order valence-electron chi connectivity index (χ3n) is 2.81. The van der Waals surface area contributed by atoms with Crippen LogP contribution in [0.25, 0.3) is 0 Å². The number of pyridine rings is 1. The standard InChI is InChI=1S/C11H17N5O/c1-15-4-6-16(7-5-15)14-11(17)9-2-3-13-10(12)8-9/h2-3,8H,4-7H2,1H3,(H2,12,13)(H,14,17). The number of nitrogens with one attached hydrogen (secondary N) is 1. The van der Waals surface area contributed by atoms with Crippen molar-refractivity contribution in [2.24, 2.45) is 0 Å². The van der Waals surface area contributed by atoms with E-state index in [0.717, 1.165) is 26.2 Å². The van der Waals surface area contributed by atoms with Gasteiger partial charge in [-0.1, -0.05) is 0 Å². The fraction of sp³-hybridized carbons (Fsp3) is 0.455. The molecule has 0 radical (unpaired) electrons. The summed E-state index contributed by atoms with van der Waals surface area (Å²) in [7, 11) is 2.07. The Bertz CT molecular complexity index is 401. The maximum atomic E-state index is 11.9. The van der Waals surface area contributed by atoms with E-state index >= 15 is 0 Å². The summed E-state index contributed by atoms with van der Waals surface area (Å²) in [4.78, 5) is 18.0. The van der Waals surface area contributed by atoms with Crippen LogP contribution in [0.1, 0.15) is 10.4 Å². The van der Waals surface area contributed by atoms with Gasteiger partial charge in [0.1, 0.15) is 5.82 Å². The van der Waals surface area contributed by atoms with Crippen molar-refractivity contribution in [2.45, 2.75) is 0 Å². The second kappa shape index (κ2) is 5.11. The van der Waals surface area contributed by atoms with Crippen LogP contribution in [-0.4, -0.2) is 54.0 Å². The molecule has 1 amide bonds. The second-order valence-electron chi connectivity index (χ2n) is 4.20. The zero-order valence-electron chi connectivity index (χ0n) is 9.89. The molecule has 6 heteroatoms. The van der Waals surface area contributed by atoms with Crippen LogP contribution in [-0.2, 0) is 0 Å². The van der Waals surface area contributed by atoms with Gasteiger partial charge in [0.15, 0.2) is 0 Å². The van der Waals surface area contributed by atoms with Crippen molar-refractivity contribution < 1.29 is 4.79 Å². The predicted octanol–water partition coefficient (Wildman–Crippen LogP) is -0.444. The number of nitrogen functional groups attached to an aromatic ring is 1. The highest BCUT2D eigenvalue weighted by molar-refractivity contribution is 5.94. The summed E-state index contributed by atoms with van der Waals surface area (Å²) in [5.41, 5.74) is 8.94. The monoisotopic (exact) mass is 235 g/mol. The van der Waals surface area contributed by atoms with E-state index in [1.165, 1.54) is 6.20 Å². The number of nitrogens with two attached hydrogens (primary N) is 1. The van der Waals surface area contributed by atoms with E-state index in [2.05, 4.69) is 22.4 Å². The number of nitrogens with zero attached hydrogens (tertiary/aromatic N) is 3. The smallest absolute Gasteiger partial charge is 0.265 e. The van der Waals surface area contributed by atoms with Gasteiger partial charge in [-0.3, -0.25) is 10.2 Å². The summed E-state index contributed by atoms with van der Waals surface area (Å²) in [5.74, 6) is 0.222. The van der Waals surface area contributed by atoms with Gasteiger partial charge in [-0.15, -0.1) is 0 Å². The van der Waals surface area contributed by atoms with Crippen LogP contribution in [0.15, 0.2) is 18.3 Å². The average molecular weight is 235 g/mol. The van der Waals surface area contributed by atoms with Crippen molar-refractivity contribution in [2.75, 3.05) is 39.0 Å². The molecule has 0 saturated carbocycles. The third-order valence-corrected chi connectivity index (χ3v) is 2.81. The molecule has 2 heterocycles. The van der Waals surface area contributed by atoms with E-state index in [1.807, 2.05) is 5.01 Å². The number of hydrazine groups is 1. The largest absolute Gasteiger partial charge is 0.384 e. The zero-order valence-corrected chi connectivity index (χ0v) is 9.89. The summed E-state index contributed by atoms with van der Waals surface area (Å²) in [6, 6.07) is 3.23. The first-order valence-electron chi connectivity index (χ1n) is 5.61. The molecule has 0 aliphatic carbocycles. The molecular formula is C11H17N5O. The van der Waals surface area contributed by atoms with Crippen LogP contribution >= 0.6 is 0 Å². The number of hydrogen-bond acceptors (Lipinski definition) is 5. The minimum atomic E-state index is -0.136. The molecule has 1 saturated heterocycles. The molecule has 1 aliphatic rings. The van der Waals surface area contributed by atoms with Crippen LogP contribution in [0.2, 0.25) is 0 Å². The summed E-state index contributed by atoms with van der Waals surface area (Å²) in [6.45, 7) is 3.59. The van der Waals surface area contributed by atoms with E-state index in [1.54, 1.807) is 12.1 Å². The van der Waals surface area contributed by atoms with E-state index in [9.17, 15) is 4.79 Å². The Morgan fingerprint density at radius 3 is 2.76 bits per heavy atom. The van der Waals surface area contributed by atoms with Gasteiger partial charge in [0.25, 0.3) is 5.91 Å². The molecule has 1 aromatic heterocycles. The van der Waals surface area contributed by atoms with Crippen LogP contribution in [0.5, 0.6) is 0 Å². The second-order valence-corrected chi connectivity index (χ2v) is 4.20. The highest BCUT2D eigenvalue weighted by atomic mass is 16.2. The molecule has 2 rings (SSSR count). The zero-order chi connectivity index (χ0) is 12.3. The molecule has 0 bridgehead atoms. The first kappa shape index (κ1) is 11.8. The lowest BCUT2D eigenvalue weighted by Gasteiger charge is -2.32. The van der Waals surface area contributed by atoms with Crippen LogP contribution in [0, 0.1) is 0 Å². The van der Waals surface area contributed by atoms with Crippen LogP contribution < -0.4 is 11.2 Å². The molecule has 0 spiro atoms. The SMILES string of the molecule is CN1CCN(NC(=O)c2ccnc(N)c2)CC1. The number of piperazine rings is 1. The quantitative estimate of drug-likeness (QED) is 0.726. The summed E-state index contributed by atoms with van der Waals surface area (Å²) in [5, 5.41) is 1.93. The van der Waals surface area contributed by atoms with Gasteiger partial charge in [-0.25, -0.2) is 9.99 Å². The van der Waals surface area contributed by atoms with Crippen molar-refractivity contribution >= 4 is 11.7 Å². The molecule has 6 nitrogen and oxygen atoms in total. The summed E-state index contributed by atoms with van der Waals surface area (Å²) >= 11 is 0. The molecule has 1 fully saturated rings. The minimum absolute atomic E-state index is 0.136. The Morgan fingerprint density at radius 2 is 2.12 bits per heavy atom. The maximum Gasteiger partial charge on any atom is 0.265 e. The number of hydrogen-bond donors (Lipinski definition) is 2. The third kappa shape index (κ3) is 3.15. The Balaban J connectivity index is 1.93. The molecule has 1 aromatic rings. The summed E-state index contributed by atoms with van der Waals surface area (Å²) < 4.78 is 0. The minimum Gasteiger partial charge on any atom is -0.384 e. The lowest BCUT2D eigenvalue weighted by Crippen LogP contribution is -2.52. The van der Waals surface area contributed by atoms with Crippen LogP contribution in [0.3, 0.4) is 0 Å². The Kier molecular flexibility index (Phi) is 3.55. The fourth-order valence-corrected chi connectivity index (χ4v) is 1.72. The predicted molar refractivity (Wildman–Crippen MR) is 65.2 cm³/mol. The van der Waals surface area contributed by atoms with E-state index in [0.29, 0.717) is 11.4 Å². The van der Waals surface area contributed by atoms with Gasteiger partial charge in [0.2, 0.25) is 0 Å². The molecule has 0 atom stereocenters. The van der Waals surface area contributed by atoms with Crippen molar-refractivity contribution in [1.82, 2.24) is 20.3 Å². The number of aromatic nitrogens is 1. The highest BCUT2D eigenvalue weighted by Gasteiger charge is 2.16. The molecule has 0 unspecified atom stereocenters. The first-order chi connectivity index (χ1) is 8.15. The first-order valence-corrected chi connectivity index (χ1v) is 5.61. The van der Waals surface area contributed by atoms with Crippen molar-refractivity contribution in [3.63, 3.8) is 0 Å². The van der Waals surface area contributed by atoms with E-state index in [-0.39, 0.29) is 5.91 Å². The van der Waals surface area contributed by atoms with Crippen molar-refractivity contribution in [1.29, 1.82) is 0 Å². The van der Waals surface area contributed by atoms with Gasteiger partial charge in [-0.05, 0) is 19.2 Å². The maximum absolute atomic E-state index is 11.9. The number of carbonyl (C=O) groups is 1. The van der Waals surface area contributed by atoms with Gasteiger partial charge < -0.3 is 10.6 Å². The highest BCUT2D eigenvalue weighted by Crippen LogP contribution is 2.04. The Morgan fingerprint density at radius 1 is 1.41 bits per heavy atom. The van der Waals surface area contributed by atoms with Crippen molar-refractivity contribution in [3.8, 4) is 0 Å². The lowest BCUT2D eigenvalue weighted by atomic mass is 10.2. The summed E-state index contributed by atoms with van der Waals surface area (Å²) in [6.07, 6.45) is 1.54. The van der Waals surface area contributed by atoms with Gasteiger partial charge in [-0.2, -0.15) is 0 Å². The number of amides is 1. The van der Waals surface area contributed by atoms with E-state index in [4.69, 9.17) is 5.73 Å². The normalized spacial score (nSPS) is 17.9.